The monoisotopic (exact) mass is 390 g/mol. The number of hydrogen-bond acceptors (Lipinski definition) is 5. The third-order valence-electron chi connectivity index (χ3n) is 6.74. The van der Waals surface area contributed by atoms with Crippen LogP contribution in [0.15, 0.2) is 18.2 Å². The van der Waals surface area contributed by atoms with E-state index in [1.807, 2.05) is 12.1 Å². The molecule has 0 unspecified atom stereocenters. The van der Waals surface area contributed by atoms with Crippen LogP contribution in [0.4, 0.5) is 0 Å². The molecule has 0 aromatic heterocycles. The van der Waals surface area contributed by atoms with Gasteiger partial charge in [-0.2, -0.15) is 0 Å². The van der Waals surface area contributed by atoms with E-state index in [9.17, 15) is 15.0 Å². The standard InChI is InChI=1S/C23H34O5/c1-16(24)28-23(12-10-17-8-9-20(25)22(14-17)27-2)13-11-19(21(26)15-23)18-6-4-3-5-7-18/h8-9,14,18-19,21,25-26H,3-7,10-13,15H2,1-2H3/t19-,21+,23+/m0/s1. The van der Waals surface area contributed by atoms with Crippen LogP contribution in [0.25, 0.3) is 0 Å². The molecule has 1 aromatic rings. The predicted octanol–water partition coefficient (Wildman–Crippen LogP) is 4.38. The van der Waals surface area contributed by atoms with Crippen molar-refractivity contribution in [2.24, 2.45) is 11.8 Å². The van der Waals surface area contributed by atoms with Crippen molar-refractivity contribution in [2.45, 2.75) is 82.8 Å². The first-order valence-electron chi connectivity index (χ1n) is 10.7. The largest absolute Gasteiger partial charge is 0.504 e. The van der Waals surface area contributed by atoms with Crippen LogP contribution in [0.5, 0.6) is 11.5 Å². The number of hydrogen-bond donors (Lipinski definition) is 2. The van der Waals surface area contributed by atoms with Crippen LogP contribution < -0.4 is 4.74 Å². The summed E-state index contributed by atoms with van der Waals surface area (Å²) < 4.78 is 11.0. The maximum absolute atomic E-state index is 11.8. The van der Waals surface area contributed by atoms with Crippen LogP contribution in [0.2, 0.25) is 0 Å². The van der Waals surface area contributed by atoms with Crippen molar-refractivity contribution < 1.29 is 24.5 Å². The summed E-state index contributed by atoms with van der Waals surface area (Å²) in [5.74, 6) is 1.22. The van der Waals surface area contributed by atoms with Crippen LogP contribution in [0.3, 0.4) is 0 Å². The number of aliphatic hydroxyl groups excluding tert-OH is 1. The molecule has 3 atom stereocenters. The Morgan fingerprint density at radius 3 is 2.61 bits per heavy atom. The fourth-order valence-electron chi connectivity index (χ4n) is 5.29. The van der Waals surface area contributed by atoms with E-state index in [1.54, 1.807) is 6.07 Å². The van der Waals surface area contributed by atoms with Gasteiger partial charge in [-0.1, -0.05) is 38.2 Å². The Morgan fingerprint density at radius 1 is 1.21 bits per heavy atom. The molecule has 2 aliphatic carbocycles. The smallest absolute Gasteiger partial charge is 0.303 e. The van der Waals surface area contributed by atoms with Gasteiger partial charge in [0.2, 0.25) is 0 Å². The van der Waals surface area contributed by atoms with E-state index in [0.29, 0.717) is 36.8 Å². The second-order valence-electron chi connectivity index (χ2n) is 8.65. The molecule has 5 nitrogen and oxygen atoms in total. The molecule has 3 rings (SSSR count). The van der Waals surface area contributed by atoms with Crippen molar-refractivity contribution in [1.29, 1.82) is 0 Å². The van der Waals surface area contributed by atoms with Gasteiger partial charge in [0.25, 0.3) is 0 Å². The third-order valence-corrected chi connectivity index (χ3v) is 6.74. The molecule has 0 saturated heterocycles. The van der Waals surface area contributed by atoms with Crippen molar-refractivity contribution in [1.82, 2.24) is 0 Å². The molecule has 28 heavy (non-hydrogen) atoms. The van der Waals surface area contributed by atoms with E-state index >= 15 is 0 Å². The molecule has 2 saturated carbocycles. The molecule has 2 N–H and O–H groups in total. The zero-order valence-corrected chi connectivity index (χ0v) is 17.2. The number of phenolic OH excluding ortho intramolecular Hbond substituents is 1. The maximum atomic E-state index is 11.8. The number of ether oxygens (including phenoxy) is 2. The summed E-state index contributed by atoms with van der Waals surface area (Å²) in [6, 6.07) is 5.31. The Hall–Kier alpha value is -1.75. The van der Waals surface area contributed by atoms with E-state index in [1.165, 1.54) is 46.1 Å². The van der Waals surface area contributed by atoms with Gasteiger partial charge >= 0.3 is 5.97 Å². The number of carbonyl (C=O) groups excluding carboxylic acids is 1. The Bertz CT molecular complexity index is 667. The summed E-state index contributed by atoms with van der Waals surface area (Å²) in [6.45, 7) is 1.45. The van der Waals surface area contributed by atoms with E-state index in [2.05, 4.69) is 0 Å². The van der Waals surface area contributed by atoms with Crippen LogP contribution in [-0.4, -0.2) is 35.0 Å². The lowest BCUT2D eigenvalue weighted by Gasteiger charge is -2.45. The Labute approximate surface area is 168 Å². The summed E-state index contributed by atoms with van der Waals surface area (Å²) >= 11 is 0. The first-order valence-corrected chi connectivity index (χ1v) is 10.7. The number of aliphatic hydroxyl groups is 1. The van der Waals surface area contributed by atoms with E-state index in [-0.39, 0.29) is 11.7 Å². The Morgan fingerprint density at radius 2 is 1.96 bits per heavy atom. The molecular weight excluding hydrogens is 356 g/mol. The molecule has 0 heterocycles. The third kappa shape index (κ3) is 4.99. The van der Waals surface area contributed by atoms with Gasteiger partial charge in [0.15, 0.2) is 11.5 Å². The molecule has 1 aromatic carbocycles. The van der Waals surface area contributed by atoms with Crippen molar-refractivity contribution in [3.8, 4) is 11.5 Å². The molecule has 0 radical (unpaired) electrons. The molecule has 0 aliphatic heterocycles. The van der Waals surface area contributed by atoms with Gasteiger partial charge in [-0.3, -0.25) is 4.79 Å². The number of carbonyl (C=O) groups is 1. The van der Waals surface area contributed by atoms with Gasteiger partial charge in [0.05, 0.1) is 13.2 Å². The quantitative estimate of drug-likeness (QED) is 0.705. The first kappa shape index (κ1) is 21.0. The molecule has 2 aliphatic rings. The number of phenols is 1. The SMILES string of the molecule is COc1cc(CC[C@@]2(OC(C)=O)CC[C@@H](C3CCCCC3)[C@H](O)C2)ccc1O. The predicted molar refractivity (Wildman–Crippen MR) is 107 cm³/mol. The minimum absolute atomic E-state index is 0.115. The molecule has 2 fully saturated rings. The average molecular weight is 391 g/mol. The lowest BCUT2D eigenvalue weighted by atomic mass is 9.67. The number of benzene rings is 1. The average Bonchev–Trinajstić information content (AvgIpc) is 2.67. The van der Waals surface area contributed by atoms with E-state index in [4.69, 9.17) is 9.47 Å². The topological polar surface area (TPSA) is 76.0 Å². The maximum Gasteiger partial charge on any atom is 0.303 e. The molecule has 0 spiro atoms. The lowest BCUT2D eigenvalue weighted by Crippen LogP contribution is -2.47. The fourth-order valence-corrected chi connectivity index (χ4v) is 5.29. The van der Waals surface area contributed by atoms with Gasteiger partial charge < -0.3 is 19.7 Å². The highest BCUT2D eigenvalue weighted by atomic mass is 16.6. The Balaban J connectivity index is 1.68. The second-order valence-corrected chi connectivity index (χ2v) is 8.65. The van der Waals surface area contributed by atoms with Crippen molar-refractivity contribution in [3.05, 3.63) is 23.8 Å². The van der Waals surface area contributed by atoms with Crippen molar-refractivity contribution in [2.75, 3.05) is 7.11 Å². The van der Waals surface area contributed by atoms with Crippen LogP contribution in [0.1, 0.15) is 70.3 Å². The second kappa shape index (κ2) is 9.17. The van der Waals surface area contributed by atoms with Gasteiger partial charge in [0, 0.05) is 13.3 Å². The summed E-state index contributed by atoms with van der Waals surface area (Å²) in [5, 5.41) is 20.7. The molecular formula is C23H34O5. The molecule has 5 heteroatoms. The van der Waals surface area contributed by atoms with Gasteiger partial charge in [-0.05, 0) is 55.2 Å². The van der Waals surface area contributed by atoms with Gasteiger partial charge in [0.1, 0.15) is 5.60 Å². The highest BCUT2D eigenvalue weighted by Gasteiger charge is 2.44. The van der Waals surface area contributed by atoms with E-state index < -0.39 is 11.7 Å². The van der Waals surface area contributed by atoms with Gasteiger partial charge in [-0.25, -0.2) is 0 Å². The van der Waals surface area contributed by atoms with Crippen LogP contribution >= 0.6 is 0 Å². The minimum atomic E-state index is -0.610. The number of esters is 1. The molecule has 0 amide bonds. The number of methoxy groups -OCH3 is 1. The van der Waals surface area contributed by atoms with Crippen LogP contribution in [0, 0.1) is 11.8 Å². The zero-order chi connectivity index (χ0) is 20.1. The van der Waals surface area contributed by atoms with E-state index in [0.717, 1.165) is 18.4 Å². The minimum Gasteiger partial charge on any atom is -0.504 e. The first-order chi connectivity index (χ1) is 13.4. The van der Waals surface area contributed by atoms with Crippen molar-refractivity contribution >= 4 is 5.97 Å². The van der Waals surface area contributed by atoms with Crippen molar-refractivity contribution in [3.63, 3.8) is 0 Å². The number of rotatable bonds is 6. The summed E-state index contributed by atoms with van der Waals surface area (Å²) in [5.41, 5.74) is 0.409. The number of aryl methyl sites for hydroxylation is 1. The lowest BCUT2D eigenvalue weighted by molar-refractivity contribution is -0.170. The highest BCUT2D eigenvalue weighted by Crippen LogP contribution is 2.44. The normalized spacial score (nSPS) is 28.7. The van der Waals surface area contributed by atoms with Crippen LogP contribution in [-0.2, 0) is 16.0 Å². The molecule has 156 valence electrons. The fraction of sp³-hybridized carbons (Fsp3) is 0.696. The molecule has 0 bridgehead atoms. The summed E-state index contributed by atoms with van der Waals surface area (Å²) in [7, 11) is 1.53. The Kier molecular flexibility index (Phi) is 6.86. The summed E-state index contributed by atoms with van der Waals surface area (Å²) in [6.07, 6.45) is 9.47. The zero-order valence-electron chi connectivity index (χ0n) is 17.2. The number of aromatic hydroxyl groups is 1. The summed E-state index contributed by atoms with van der Waals surface area (Å²) in [4.78, 5) is 11.8. The highest BCUT2D eigenvalue weighted by molar-refractivity contribution is 5.66. The van der Waals surface area contributed by atoms with Gasteiger partial charge in [-0.15, -0.1) is 0 Å².